The highest BCUT2D eigenvalue weighted by Crippen LogP contribution is 2.24. The Hall–Kier alpha value is -4.35. The molecule has 0 aliphatic carbocycles. The van der Waals surface area contributed by atoms with Crippen molar-refractivity contribution in [1.82, 2.24) is 4.68 Å². The summed E-state index contributed by atoms with van der Waals surface area (Å²) >= 11 is 1.44. The Morgan fingerprint density at radius 2 is 1.74 bits per heavy atom. The van der Waals surface area contributed by atoms with Crippen LogP contribution >= 0.6 is 11.3 Å². The van der Waals surface area contributed by atoms with Crippen molar-refractivity contribution in [3.8, 4) is 17.3 Å². The van der Waals surface area contributed by atoms with Crippen LogP contribution < -0.4 is 4.80 Å². The summed E-state index contributed by atoms with van der Waals surface area (Å²) in [5, 5.41) is 26.9. The molecule has 34 heavy (non-hydrogen) atoms. The highest BCUT2D eigenvalue weighted by molar-refractivity contribution is 7.07. The zero-order valence-corrected chi connectivity index (χ0v) is 19.7. The third-order valence-electron chi connectivity index (χ3n) is 5.46. The third kappa shape index (κ3) is 4.85. The van der Waals surface area contributed by atoms with Gasteiger partial charge in [0.15, 0.2) is 0 Å². The minimum absolute atomic E-state index is 0.0304. The summed E-state index contributed by atoms with van der Waals surface area (Å²) in [7, 11) is 0. The topological polar surface area (TPSA) is 96.6 Å². The molecule has 3 aromatic carbocycles. The van der Waals surface area contributed by atoms with Crippen LogP contribution in [0, 0.1) is 35.3 Å². The Bertz CT molecular complexity index is 1500. The number of hydrogen-bond acceptors (Lipinski definition) is 6. The molecule has 0 N–H and O–H groups in total. The van der Waals surface area contributed by atoms with E-state index in [1.807, 2.05) is 49.6 Å². The van der Waals surface area contributed by atoms with Crippen LogP contribution in [0.15, 0.2) is 82.2 Å². The van der Waals surface area contributed by atoms with E-state index in [1.54, 1.807) is 28.9 Å². The molecule has 1 heterocycles. The molecular formula is C26H21N5O2S. The van der Waals surface area contributed by atoms with E-state index in [9.17, 15) is 10.1 Å². The van der Waals surface area contributed by atoms with Crippen molar-refractivity contribution in [1.29, 1.82) is 5.26 Å². The minimum atomic E-state index is -0.418. The molecule has 0 aliphatic heterocycles. The number of aromatic nitrogens is 1. The first-order valence-electron chi connectivity index (χ1n) is 10.5. The summed E-state index contributed by atoms with van der Waals surface area (Å²) < 4.78 is 1.76. The number of non-ortho nitro benzene ring substituents is 1. The number of rotatable bonds is 5. The second kappa shape index (κ2) is 9.65. The molecule has 0 spiro atoms. The van der Waals surface area contributed by atoms with Crippen molar-refractivity contribution < 1.29 is 4.92 Å². The lowest BCUT2D eigenvalue weighted by molar-refractivity contribution is -0.384. The van der Waals surface area contributed by atoms with Gasteiger partial charge in [0.25, 0.3) is 5.69 Å². The van der Waals surface area contributed by atoms with E-state index >= 15 is 0 Å². The van der Waals surface area contributed by atoms with Crippen molar-refractivity contribution in [3.63, 3.8) is 0 Å². The zero-order valence-electron chi connectivity index (χ0n) is 18.9. The Kier molecular flexibility index (Phi) is 6.48. The number of benzene rings is 3. The zero-order chi connectivity index (χ0) is 24.2. The molecule has 0 fully saturated rings. The molecule has 8 heteroatoms. The average Bonchev–Trinajstić information content (AvgIpc) is 3.23. The lowest BCUT2D eigenvalue weighted by Gasteiger charge is -2.07. The first kappa shape index (κ1) is 22.8. The number of nitrogens with zero attached hydrogens (tertiary/aromatic N) is 5. The Morgan fingerprint density at radius 1 is 1.03 bits per heavy atom. The van der Waals surface area contributed by atoms with Crippen molar-refractivity contribution >= 4 is 28.4 Å². The second-order valence-corrected chi connectivity index (χ2v) is 8.61. The number of nitro benzene ring substituents is 1. The van der Waals surface area contributed by atoms with Gasteiger partial charge in [-0.25, -0.2) is 9.67 Å². The Labute approximate surface area is 200 Å². The van der Waals surface area contributed by atoms with Crippen molar-refractivity contribution in [2.75, 3.05) is 0 Å². The quantitative estimate of drug-likeness (QED) is 0.201. The van der Waals surface area contributed by atoms with Crippen molar-refractivity contribution in [2.45, 2.75) is 20.8 Å². The minimum Gasteiger partial charge on any atom is -0.258 e. The van der Waals surface area contributed by atoms with Gasteiger partial charge in [-0.15, -0.1) is 11.3 Å². The van der Waals surface area contributed by atoms with Crippen LogP contribution in [0.25, 0.3) is 11.3 Å². The van der Waals surface area contributed by atoms with Gasteiger partial charge in [0.05, 0.1) is 33.6 Å². The van der Waals surface area contributed by atoms with Crippen molar-refractivity contribution in [3.05, 3.63) is 109 Å². The van der Waals surface area contributed by atoms with Crippen LogP contribution in [0.1, 0.15) is 29.2 Å². The van der Waals surface area contributed by atoms with E-state index < -0.39 is 4.92 Å². The van der Waals surface area contributed by atoms with E-state index in [4.69, 9.17) is 15.4 Å². The van der Waals surface area contributed by atoms with Gasteiger partial charge in [0, 0.05) is 23.1 Å². The normalized spacial score (nSPS) is 11.9. The van der Waals surface area contributed by atoms with Gasteiger partial charge < -0.3 is 0 Å². The van der Waals surface area contributed by atoms with Gasteiger partial charge in [-0.1, -0.05) is 18.2 Å². The van der Waals surface area contributed by atoms with Gasteiger partial charge in [0.1, 0.15) is 0 Å². The number of thiazole rings is 1. The predicted molar refractivity (Wildman–Crippen MR) is 134 cm³/mol. The van der Waals surface area contributed by atoms with Gasteiger partial charge in [-0.3, -0.25) is 10.1 Å². The summed E-state index contributed by atoms with van der Waals surface area (Å²) in [6.07, 6.45) is 0. The van der Waals surface area contributed by atoms with Gasteiger partial charge >= 0.3 is 0 Å². The smallest absolute Gasteiger partial charge is 0.258 e. The fourth-order valence-corrected chi connectivity index (χ4v) is 4.18. The summed E-state index contributed by atoms with van der Waals surface area (Å²) in [4.78, 5) is 16.2. The van der Waals surface area contributed by atoms with Crippen LogP contribution in [0.5, 0.6) is 0 Å². The SMILES string of the molecule is CC(=Nn1c(-c2ccc([N+](=O)[O-])cc2)csc1=Nc1ccc(C)c(C)c1)c1ccc(C#N)cc1. The maximum atomic E-state index is 11.1. The third-order valence-corrected chi connectivity index (χ3v) is 6.27. The molecule has 0 atom stereocenters. The van der Waals surface area contributed by atoms with E-state index in [-0.39, 0.29) is 5.69 Å². The van der Waals surface area contributed by atoms with Crippen LogP contribution in [-0.4, -0.2) is 15.3 Å². The fourth-order valence-electron chi connectivity index (χ4n) is 3.33. The second-order valence-electron chi connectivity index (χ2n) is 7.77. The number of nitro groups is 1. The summed E-state index contributed by atoms with van der Waals surface area (Å²) in [5.74, 6) is 0. The van der Waals surface area contributed by atoms with E-state index in [0.29, 0.717) is 10.4 Å². The molecule has 0 amide bonds. The highest BCUT2D eigenvalue weighted by Gasteiger charge is 2.12. The summed E-state index contributed by atoms with van der Waals surface area (Å²) in [5.41, 5.74) is 6.96. The molecule has 7 nitrogen and oxygen atoms in total. The molecule has 4 rings (SSSR count). The Balaban J connectivity index is 1.87. The molecule has 4 aromatic rings. The first-order chi connectivity index (χ1) is 16.4. The van der Waals surface area contributed by atoms with Gasteiger partial charge in [-0.2, -0.15) is 10.4 Å². The lowest BCUT2D eigenvalue weighted by atomic mass is 10.1. The molecule has 0 radical (unpaired) electrons. The van der Waals surface area contributed by atoms with E-state index in [1.165, 1.54) is 29.0 Å². The molecular weight excluding hydrogens is 446 g/mol. The number of nitriles is 1. The number of hydrogen-bond donors (Lipinski definition) is 0. The van der Waals surface area contributed by atoms with E-state index in [2.05, 4.69) is 13.0 Å². The van der Waals surface area contributed by atoms with Crippen LogP contribution in [-0.2, 0) is 0 Å². The first-order valence-corrected chi connectivity index (χ1v) is 11.4. The van der Waals surface area contributed by atoms with Crippen LogP contribution in [0.2, 0.25) is 0 Å². The average molecular weight is 468 g/mol. The van der Waals surface area contributed by atoms with E-state index in [0.717, 1.165) is 33.8 Å². The largest absolute Gasteiger partial charge is 0.269 e. The monoisotopic (exact) mass is 467 g/mol. The maximum Gasteiger partial charge on any atom is 0.269 e. The van der Waals surface area contributed by atoms with Gasteiger partial charge in [0.2, 0.25) is 4.80 Å². The fraction of sp³-hybridized carbons (Fsp3) is 0.115. The van der Waals surface area contributed by atoms with Gasteiger partial charge in [-0.05, 0) is 73.9 Å². The Morgan fingerprint density at radius 3 is 2.35 bits per heavy atom. The van der Waals surface area contributed by atoms with Crippen molar-refractivity contribution in [2.24, 2.45) is 10.1 Å². The van der Waals surface area contributed by atoms with Crippen LogP contribution in [0.4, 0.5) is 11.4 Å². The molecule has 1 aromatic heterocycles. The molecule has 0 saturated heterocycles. The molecule has 0 aliphatic rings. The molecule has 0 unspecified atom stereocenters. The molecule has 168 valence electrons. The lowest BCUT2D eigenvalue weighted by Crippen LogP contribution is -2.13. The molecule has 0 bridgehead atoms. The summed E-state index contributed by atoms with van der Waals surface area (Å²) in [6.45, 7) is 6.00. The van der Waals surface area contributed by atoms with Crippen LogP contribution in [0.3, 0.4) is 0 Å². The maximum absolute atomic E-state index is 11.1. The summed E-state index contributed by atoms with van der Waals surface area (Å²) in [6, 6.07) is 21.8. The standard InChI is InChI=1S/C26H21N5O2S/c1-17-4-11-23(14-18(17)2)28-26-30(29-19(3)21-7-5-20(15-27)6-8-21)25(16-34-26)22-9-12-24(13-10-22)31(32)33/h4-14,16H,1-3H3. The number of aryl methyl sites for hydroxylation is 2. The highest BCUT2D eigenvalue weighted by atomic mass is 32.1. The molecule has 0 saturated carbocycles. The predicted octanol–water partition coefficient (Wildman–Crippen LogP) is 6.12.